The van der Waals surface area contributed by atoms with Gasteiger partial charge in [0, 0.05) is 24.8 Å². The number of hydrogen-bond acceptors (Lipinski definition) is 3. The van der Waals surface area contributed by atoms with Gasteiger partial charge >= 0.3 is 0 Å². The molecule has 0 amide bonds. The van der Waals surface area contributed by atoms with Crippen LogP contribution in [0, 0.1) is 11.6 Å². The first kappa shape index (κ1) is 17.9. The van der Waals surface area contributed by atoms with Crippen LogP contribution < -0.4 is 4.90 Å². The van der Waals surface area contributed by atoms with Crippen molar-refractivity contribution in [3.05, 3.63) is 47.9 Å². The van der Waals surface area contributed by atoms with E-state index in [-0.39, 0.29) is 0 Å². The largest absolute Gasteiger partial charge is 0.354 e. The van der Waals surface area contributed by atoms with Crippen LogP contribution in [0.5, 0.6) is 0 Å². The average molecular weight is 370 g/mol. The summed E-state index contributed by atoms with van der Waals surface area (Å²) >= 11 is 0. The van der Waals surface area contributed by atoms with Crippen LogP contribution >= 0.6 is 0 Å². The Kier molecular flexibility index (Phi) is 4.58. The molecule has 1 aliphatic carbocycles. The highest BCUT2D eigenvalue weighted by Crippen LogP contribution is 2.46. The first-order valence-corrected chi connectivity index (χ1v) is 9.58. The summed E-state index contributed by atoms with van der Waals surface area (Å²) in [6, 6.07) is 3.87. The molecule has 4 rings (SSSR count). The summed E-state index contributed by atoms with van der Waals surface area (Å²) in [5.74, 6) is 0.190. The van der Waals surface area contributed by atoms with E-state index in [2.05, 4.69) is 35.6 Å². The second-order valence-corrected chi connectivity index (χ2v) is 7.54. The minimum Gasteiger partial charge on any atom is -0.354 e. The van der Waals surface area contributed by atoms with E-state index in [1.54, 1.807) is 10.9 Å². The molecule has 0 N–H and O–H groups in total. The number of benzene rings is 1. The Hall–Kier alpha value is -2.50. The van der Waals surface area contributed by atoms with Crippen LogP contribution in [-0.2, 0) is 0 Å². The van der Waals surface area contributed by atoms with Crippen LogP contribution in [0.25, 0.3) is 16.7 Å². The van der Waals surface area contributed by atoms with Crippen LogP contribution in [0.4, 0.5) is 14.6 Å². The lowest BCUT2D eigenvalue weighted by Gasteiger charge is -2.28. The summed E-state index contributed by atoms with van der Waals surface area (Å²) in [6.45, 7) is 7.35. The molecule has 0 radical (unpaired) electrons. The van der Waals surface area contributed by atoms with Crippen molar-refractivity contribution < 1.29 is 8.78 Å². The van der Waals surface area contributed by atoms with Gasteiger partial charge in [-0.25, -0.2) is 18.7 Å². The van der Waals surface area contributed by atoms with Gasteiger partial charge in [-0.05, 0) is 56.7 Å². The number of nitrogens with zero attached hydrogens (tertiary/aromatic N) is 4. The molecule has 1 fully saturated rings. The Bertz CT molecular complexity index is 955. The molecule has 2 aromatic heterocycles. The van der Waals surface area contributed by atoms with Crippen LogP contribution in [0.2, 0.25) is 0 Å². The van der Waals surface area contributed by atoms with Gasteiger partial charge in [0.25, 0.3) is 0 Å². The molecule has 0 aliphatic heterocycles. The van der Waals surface area contributed by atoms with Crippen molar-refractivity contribution in [3.63, 3.8) is 0 Å². The van der Waals surface area contributed by atoms with Gasteiger partial charge in [0.1, 0.15) is 29.4 Å². The third kappa shape index (κ3) is 3.29. The zero-order valence-corrected chi connectivity index (χ0v) is 15.9. The average Bonchev–Trinajstić information content (AvgIpc) is 3.38. The predicted molar refractivity (Wildman–Crippen MR) is 104 cm³/mol. The van der Waals surface area contributed by atoms with Gasteiger partial charge < -0.3 is 9.47 Å². The molecule has 0 unspecified atom stereocenters. The Labute approximate surface area is 157 Å². The first-order valence-electron chi connectivity index (χ1n) is 9.58. The molecule has 3 aromatic rings. The van der Waals surface area contributed by atoms with E-state index in [0.717, 1.165) is 43.1 Å². The Morgan fingerprint density at radius 3 is 2.44 bits per heavy atom. The van der Waals surface area contributed by atoms with Gasteiger partial charge in [-0.2, -0.15) is 0 Å². The fourth-order valence-electron chi connectivity index (χ4n) is 3.72. The normalized spacial score (nSPS) is 14.3. The fraction of sp³-hybridized carbons (Fsp3) is 0.429. The van der Waals surface area contributed by atoms with Gasteiger partial charge in [0.15, 0.2) is 0 Å². The SMILES string of the molecule is CCCN(c1ncnc2c1c(C1CC1)cn2-c1cc(F)cc(F)c1)C(C)C. The highest BCUT2D eigenvalue weighted by molar-refractivity contribution is 5.93. The summed E-state index contributed by atoms with van der Waals surface area (Å²) in [6.07, 6.45) is 6.80. The van der Waals surface area contributed by atoms with Crippen molar-refractivity contribution in [2.75, 3.05) is 11.4 Å². The minimum atomic E-state index is -0.594. The standard InChI is InChI=1S/C21H24F2N4/c1-4-7-26(13(2)3)20-19-18(14-5-6-14)11-27(21(19)25-12-24-20)17-9-15(22)8-16(23)10-17/h8-14H,4-7H2,1-3H3. The molecule has 1 saturated carbocycles. The Morgan fingerprint density at radius 2 is 1.85 bits per heavy atom. The van der Waals surface area contributed by atoms with E-state index in [0.29, 0.717) is 23.3 Å². The van der Waals surface area contributed by atoms with E-state index in [1.807, 2.05) is 6.20 Å². The zero-order valence-electron chi connectivity index (χ0n) is 15.9. The summed E-state index contributed by atoms with van der Waals surface area (Å²) in [4.78, 5) is 11.4. The van der Waals surface area contributed by atoms with E-state index in [4.69, 9.17) is 0 Å². The Morgan fingerprint density at radius 1 is 1.15 bits per heavy atom. The van der Waals surface area contributed by atoms with Gasteiger partial charge in [0.05, 0.1) is 11.1 Å². The fourth-order valence-corrected chi connectivity index (χ4v) is 3.72. The van der Waals surface area contributed by atoms with E-state index in [9.17, 15) is 8.78 Å². The van der Waals surface area contributed by atoms with Crippen LogP contribution in [0.15, 0.2) is 30.7 Å². The highest BCUT2D eigenvalue weighted by atomic mass is 19.1. The number of hydrogen-bond donors (Lipinski definition) is 0. The predicted octanol–water partition coefficient (Wildman–Crippen LogP) is 5.20. The molecular formula is C21H24F2N4. The molecular weight excluding hydrogens is 346 g/mol. The molecule has 6 heteroatoms. The summed E-state index contributed by atoms with van der Waals surface area (Å²) in [7, 11) is 0. The van der Waals surface area contributed by atoms with Crippen molar-refractivity contribution in [2.45, 2.75) is 52.0 Å². The second-order valence-electron chi connectivity index (χ2n) is 7.54. The van der Waals surface area contributed by atoms with Crippen molar-refractivity contribution in [1.29, 1.82) is 0 Å². The van der Waals surface area contributed by atoms with Gasteiger partial charge in [0.2, 0.25) is 0 Å². The quantitative estimate of drug-likeness (QED) is 0.598. The van der Waals surface area contributed by atoms with Crippen LogP contribution in [-0.4, -0.2) is 27.1 Å². The number of anilines is 1. The van der Waals surface area contributed by atoms with E-state index in [1.165, 1.54) is 17.7 Å². The second kappa shape index (κ2) is 6.91. The van der Waals surface area contributed by atoms with E-state index < -0.39 is 11.6 Å². The number of rotatable bonds is 6. The molecule has 1 aromatic carbocycles. The van der Waals surface area contributed by atoms with Crippen LogP contribution in [0.1, 0.15) is 51.5 Å². The lowest BCUT2D eigenvalue weighted by atomic mass is 10.1. The Balaban J connectivity index is 1.96. The van der Waals surface area contributed by atoms with Gasteiger partial charge in [-0.1, -0.05) is 6.92 Å². The minimum absolute atomic E-state index is 0.296. The highest BCUT2D eigenvalue weighted by Gasteiger charge is 2.31. The zero-order chi connectivity index (χ0) is 19.1. The maximum Gasteiger partial charge on any atom is 0.150 e. The van der Waals surface area contributed by atoms with Crippen molar-refractivity contribution in [1.82, 2.24) is 14.5 Å². The van der Waals surface area contributed by atoms with Gasteiger partial charge in [-0.15, -0.1) is 0 Å². The van der Waals surface area contributed by atoms with E-state index >= 15 is 0 Å². The maximum atomic E-state index is 13.8. The molecule has 0 saturated heterocycles. The maximum absolute atomic E-state index is 13.8. The third-order valence-corrected chi connectivity index (χ3v) is 5.09. The first-order chi connectivity index (χ1) is 13.0. The van der Waals surface area contributed by atoms with Crippen LogP contribution in [0.3, 0.4) is 0 Å². The number of halogens is 2. The van der Waals surface area contributed by atoms with Gasteiger partial charge in [-0.3, -0.25) is 0 Å². The molecule has 0 atom stereocenters. The molecule has 4 nitrogen and oxygen atoms in total. The smallest absolute Gasteiger partial charge is 0.150 e. The van der Waals surface area contributed by atoms with Crippen molar-refractivity contribution >= 4 is 16.9 Å². The number of fused-ring (bicyclic) bond motifs is 1. The molecule has 27 heavy (non-hydrogen) atoms. The number of aromatic nitrogens is 3. The molecule has 0 bridgehead atoms. The molecule has 1 aliphatic rings. The lowest BCUT2D eigenvalue weighted by molar-refractivity contribution is 0.582. The monoisotopic (exact) mass is 370 g/mol. The molecule has 142 valence electrons. The van der Waals surface area contributed by atoms with Crippen molar-refractivity contribution in [3.8, 4) is 5.69 Å². The molecule has 2 heterocycles. The van der Waals surface area contributed by atoms with Crippen molar-refractivity contribution in [2.24, 2.45) is 0 Å². The molecule has 0 spiro atoms. The summed E-state index contributed by atoms with van der Waals surface area (Å²) in [5, 5.41) is 1.01. The topological polar surface area (TPSA) is 34.0 Å². The summed E-state index contributed by atoms with van der Waals surface area (Å²) in [5.41, 5.74) is 2.32. The lowest BCUT2D eigenvalue weighted by Crippen LogP contribution is -2.32. The summed E-state index contributed by atoms with van der Waals surface area (Å²) < 4.78 is 29.4. The third-order valence-electron chi connectivity index (χ3n) is 5.09.